The fourth-order valence-corrected chi connectivity index (χ4v) is 5.79. The lowest BCUT2D eigenvalue weighted by Gasteiger charge is -2.31. The number of aliphatic hydroxyl groups is 1. The Morgan fingerprint density at radius 2 is 1.56 bits per heavy atom. The van der Waals surface area contributed by atoms with E-state index in [1.165, 1.54) is 11.3 Å². The molecule has 2 fully saturated rings. The predicted octanol–water partition coefficient (Wildman–Crippen LogP) is 3.71. The maximum absolute atomic E-state index is 9.66. The molecule has 1 saturated heterocycles. The van der Waals surface area contributed by atoms with Gasteiger partial charge in [0.15, 0.2) is 5.13 Å². The number of hydrogen-bond acceptors (Lipinski definition) is 13. The molecule has 0 spiro atoms. The van der Waals surface area contributed by atoms with Crippen molar-refractivity contribution >= 4 is 57.8 Å². The summed E-state index contributed by atoms with van der Waals surface area (Å²) in [6.07, 6.45) is 9.61. The first-order valence-corrected chi connectivity index (χ1v) is 16.8. The Hall–Kier alpha value is -4.60. The van der Waals surface area contributed by atoms with Gasteiger partial charge < -0.3 is 46.2 Å². The molecule has 0 aromatic carbocycles. The van der Waals surface area contributed by atoms with E-state index in [9.17, 15) is 29.5 Å². The molecule has 2 aliphatic rings. The second kappa shape index (κ2) is 21.5. The van der Waals surface area contributed by atoms with Crippen LogP contribution in [0.15, 0.2) is 41.9 Å². The first-order chi connectivity index (χ1) is 23.8. The number of pyridine rings is 1. The van der Waals surface area contributed by atoms with E-state index in [1.54, 1.807) is 6.20 Å². The van der Waals surface area contributed by atoms with Crippen molar-refractivity contribution in [2.75, 3.05) is 37.0 Å². The summed E-state index contributed by atoms with van der Waals surface area (Å²) in [5.41, 5.74) is 1.24. The van der Waals surface area contributed by atoms with Gasteiger partial charge in [0.2, 0.25) is 0 Å². The Kier molecular flexibility index (Phi) is 17.9. The molecule has 0 radical (unpaired) electrons. The van der Waals surface area contributed by atoms with Gasteiger partial charge in [-0.15, -0.1) is 11.3 Å². The number of halogens is 1. The number of hydrogen-bond donors (Lipinski definition) is 8. The van der Waals surface area contributed by atoms with E-state index < -0.39 is 29.3 Å². The summed E-state index contributed by atoms with van der Waals surface area (Å²) in [7, 11) is 0. The van der Waals surface area contributed by atoms with Gasteiger partial charge in [-0.2, -0.15) is 5.26 Å². The molecule has 1 aliphatic carbocycles. The van der Waals surface area contributed by atoms with Crippen LogP contribution in [0.5, 0.6) is 0 Å². The largest absolute Gasteiger partial charge is 0.478 e. The van der Waals surface area contributed by atoms with Crippen molar-refractivity contribution in [3.05, 3.63) is 47.0 Å². The average Bonchev–Trinajstić information content (AvgIpc) is 3.57. The zero-order valence-corrected chi connectivity index (χ0v) is 28.8. The van der Waals surface area contributed by atoms with Crippen LogP contribution < -0.4 is 16.0 Å². The Labute approximate surface area is 297 Å². The van der Waals surface area contributed by atoms with E-state index in [4.69, 9.17) is 41.7 Å². The fourth-order valence-electron chi connectivity index (χ4n) is 4.88. The number of aliphatic hydroxyl groups excluding tert-OH is 1. The summed E-state index contributed by atoms with van der Waals surface area (Å²) in [5.74, 6) is -4.23. The van der Waals surface area contributed by atoms with Gasteiger partial charge in [0.25, 0.3) is 0 Å². The number of ether oxygens (including phenoxy) is 1. The highest BCUT2D eigenvalue weighted by Crippen LogP contribution is 2.34. The number of nitriles is 1. The monoisotopic (exact) mass is 736 g/mol. The molecule has 50 heavy (non-hydrogen) atoms. The lowest BCUT2D eigenvalue weighted by Crippen LogP contribution is -2.42. The standard InChI is InChI=1S/C24H33ClN6O2S.2C4H4O4/c1-16(12-32)29-17-2-4-18(5-3-17)30-22-10-19(20(25)11-27-22)21-13-34-23(31-21)28-15-24(14-26)6-8-33-9-7-24;2*5-3(6)1-2-4(7)8/h10-11,13,16-18,29,32H,2-9,12,15H2,1H3,(H,27,30)(H,28,31);2*1-2H,(H,5,6)(H,7,8)/b;2*2-1-/t16-,17?,18?;;/m1../s1. The Morgan fingerprint density at radius 3 is 2.06 bits per heavy atom. The van der Waals surface area contributed by atoms with Crippen LogP contribution in [0, 0.1) is 16.7 Å². The van der Waals surface area contributed by atoms with E-state index in [2.05, 4.69) is 27.0 Å². The number of nitrogens with one attached hydrogen (secondary N) is 3. The van der Waals surface area contributed by atoms with Gasteiger partial charge in [0, 0.05) is 79.3 Å². The van der Waals surface area contributed by atoms with Gasteiger partial charge in [-0.25, -0.2) is 29.1 Å². The van der Waals surface area contributed by atoms with E-state index in [0.29, 0.717) is 61.2 Å². The predicted molar refractivity (Wildman–Crippen MR) is 185 cm³/mol. The van der Waals surface area contributed by atoms with Crippen molar-refractivity contribution in [2.45, 2.75) is 63.6 Å². The number of thiazole rings is 1. The Bertz CT molecular complexity index is 1470. The molecule has 1 aliphatic heterocycles. The number of rotatable bonds is 13. The molecular formula is C32H41ClN6O10S. The summed E-state index contributed by atoms with van der Waals surface area (Å²) >= 11 is 7.99. The molecular weight excluding hydrogens is 696 g/mol. The molecule has 0 amide bonds. The summed E-state index contributed by atoms with van der Waals surface area (Å²) in [5, 5.41) is 63.9. The molecule has 272 valence electrons. The normalized spacial score (nSPS) is 18.8. The van der Waals surface area contributed by atoms with Gasteiger partial charge in [-0.3, -0.25) is 0 Å². The van der Waals surface area contributed by atoms with Crippen LogP contribution in [0.4, 0.5) is 10.9 Å². The molecule has 2 aromatic heterocycles. The van der Waals surface area contributed by atoms with Crippen LogP contribution in [0.1, 0.15) is 45.4 Å². The van der Waals surface area contributed by atoms with Crippen LogP contribution in [0.25, 0.3) is 11.3 Å². The third kappa shape index (κ3) is 15.7. The number of anilines is 2. The molecule has 16 nitrogen and oxygen atoms in total. The maximum atomic E-state index is 9.66. The van der Waals surface area contributed by atoms with Crippen molar-refractivity contribution in [1.82, 2.24) is 15.3 Å². The van der Waals surface area contributed by atoms with E-state index in [-0.39, 0.29) is 12.6 Å². The zero-order chi connectivity index (χ0) is 37.1. The second-order valence-corrected chi connectivity index (χ2v) is 12.7. The summed E-state index contributed by atoms with van der Waals surface area (Å²) < 4.78 is 5.41. The smallest absolute Gasteiger partial charge is 0.328 e. The summed E-state index contributed by atoms with van der Waals surface area (Å²) in [6, 6.07) is 5.39. The third-order valence-electron chi connectivity index (χ3n) is 7.51. The van der Waals surface area contributed by atoms with Crippen molar-refractivity contribution < 1.29 is 49.4 Å². The highest BCUT2D eigenvalue weighted by atomic mass is 35.5. The fraction of sp³-hybridized carbons (Fsp3) is 0.469. The minimum absolute atomic E-state index is 0.134. The lowest BCUT2D eigenvalue weighted by atomic mass is 9.82. The number of carboxylic acids is 4. The third-order valence-corrected chi connectivity index (χ3v) is 8.61. The Balaban J connectivity index is 0.000000450. The van der Waals surface area contributed by atoms with Gasteiger partial charge >= 0.3 is 23.9 Å². The minimum Gasteiger partial charge on any atom is -0.478 e. The molecule has 0 unspecified atom stereocenters. The lowest BCUT2D eigenvalue weighted by molar-refractivity contribution is -0.134. The van der Waals surface area contributed by atoms with Crippen molar-refractivity contribution in [3.8, 4) is 17.3 Å². The minimum atomic E-state index is -1.26. The number of carbonyl (C=O) groups is 4. The highest BCUT2D eigenvalue weighted by Gasteiger charge is 2.32. The van der Waals surface area contributed by atoms with Crippen LogP contribution in [0.2, 0.25) is 5.02 Å². The van der Waals surface area contributed by atoms with Crippen molar-refractivity contribution in [1.29, 1.82) is 5.26 Å². The Morgan fingerprint density at radius 1 is 1.02 bits per heavy atom. The quantitative estimate of drug-likeness (QED) is 0.136. The zero-order valence-electron chi connectivity index (χ0n) is 27.2. The molecule has 4 rings (SSSR count). The van der Waals surface area contributed by atoms with Crippen molar-refractivity contribution in [2.24, 2.45) is 5.41 Å². The first-order valence-electron chi connectivity index (χ1n) is 15.5. The summed E-state index contributed by atoms with van der Waals surface area (Å²) in [6.45, 7) is 3.99. The van der Waals surface area contributed by atoms with Crippen LogP contribution in [-0.4, -0.2) is 104 Å². The van der Waals surface area contributed by atoms with Crippen molar-refractivity contribution in [3.63, 3.8) is 0 Å². The average molecular weight is 737 g/mol. The molecule has 0 bridgehead atoms. The number of nitrogens with zero attached hydrogens (tertiary/aromatic N) is 3. The topological polar surface area (TPSA) is 264 Å². The molecule has 1 atom stereocenters. The van der Waals surface area contributed by atoms with Gasteiger partial charge in [-0.1, -0.05) is 11.6 Å². The SMILES string of the molecule is C[C@H](CO)NC1CCC(Nc2cc(-c3csc(NCC4(C#N)CCOCC4)n3)c(Cl)cn2)CC1.O=C(O)/C=C\C(=O)O.O=C(O)/C=C\C(=O)O. The molecule has 3 heterocycles. The second-order valence-electron chi connectivity index (χ2n) is 11.4. The molecule has 18 heteroatoms. The van der Waals surface area contributed by atoms with E-state index in [1.807, 2.05) is 18.4 Å². The van der Waals surface area contributed by atoms with Gasteiger partial charge in [0.05, 0.1) is 28.8 Å². The molecule has 1 saturated carbocycles. The van der Waals surface area contributed by atoms with Crippen LogP contribution in [-0.2, 0) is 23.9 Å². The number of aromatic nitrogens is 2. The van der Waals surface area contributed by atoms with Crippen LogP contribution >= 0.6 is 22.9 Å². The van der Waals surface area contributed by atoms with Gasteiger partial charge in [-0.05, 0) is 51.5 Å². The van der Waals surface area contributed by atoms with E-state index >= 15 is 0 Å². The first kappa shape index (κ1) is 41.6. The van der Waals surface area contributed by atoms with Gasteiger partial charge in [0.1, 0.15) is 5.82 Å². The molecule has 8 N–H and O–H groups in total. The summed E-state index contributed by atoms with van der Waals surface area (Å²) in [4.78, 5) is 47.4. The number of carboxylic acid groups (broad SMARTS) is 4. The number of aliphatic carboxylic acids is 4. The maximum Gasteiger partial charge on any atom is 0.328 e. The highest BCUT2D eigenvalue weighted by molar-refractivity contribution is 7.14. The molecule has 2 aromatic rings. The van der Waals surface area contributed by atoms with E-state index in [0.717, 1.165) is 60.7 Å². The van der Waals surface area contributed by atoms with Crippen LogP contribution in [0.3, 0.4) is 0 Å².